The van der Waals surface area contributed by atoms with Gasteiger partial charge in [0.05, 0.1) is 0 Å². The molecule has 1 aliphatic carbocycles. The Morgan fingerprint density at radius 1 is 1.33 bits per heavy atom. The van der Waals surface area contributed by atoms with Gasteiger partial charge in [-0.3, -0.25) is 4.79 Å². The van der Waals surface area contributed by atoms with Gasteiger partial charge in [0.2, 0.25) is 5.91 Å². The highest BCUT2D eigenvalue weighted by molar-refractivity contribution is 9.10. The first-order chi connectivity index (χ1) is 8.70. The zero-order valence-electron chi connectivity index (χ0n) is 9.90. The summed E-state index contributed by atoms with van der Waals surface area (Å²) in [5, 5.41) is 2.99. The minimum atomic E-state index is -0.509. The number of carbonyl (C=O) groups excluding carboxylic acids is 1. The summed E-state index contributed by atoms with van der Waals surface area (Å²) >= 11 is 3.70. The number of nitrogens with one attached hydrogen (secondary N) is 1. The Bertz CT molecular complexity index is 535. The van der Waals surface area contributed by atoms with E-state index in [0.29, 0.717) is 0 Å². The molecule has 18 heavy (non-hydrogen) atoms. The standard InChI is InChI=1S/C15H14BrNO/c16-15(10-11-6-2-1-3-7-11)12-8-4-5-9-13(12)17-14(15)18/h1-7,9,12H,8,10H2,(H,17,18). The molecule has 0 aromatic heterocycles. The zero-order chi connectivity index (χ0) is 12.6. The van der Waals surface area contributed by atoms with E-state index in [0.717, 1.165) is 18.5 Å². The van der Waals surface area contributed by atoms with E-state index < -0.39 is 4.32 Å². The number of allylic oxidation sites excluding steroid dienone is 4. The third kappa shape index (κ3) is 1.83. The van der Waals surface area contributed by atoms with Crippen molar-refractivity contribution < 1.29 is 4.79 Å². The number of rotatable bonds is 2. The molecule has 1 N–H and O–H groups in total. The van der Waals surface area contributed by atoms with E-state index in [1.165, 1.54) is 5.56 Å². The first-order valence-corrected chi connectivity index (χ1v) is 6.90. The van der Waals surface area contributed by atoms with Crippen molar-refractivity contribution in [2.45, 2.75) is 17.2 Å². The van der Waals surface area contributed by atoms with Crippen LogP contribution in [0.1, 0.15) is 12.0 Å². The number of carbonyl (C=O) groups is 1. The topological polar surface area (TPSA) is 29.1 Å². The maximum Gasteiger partial charge on any atom is 0.242 e. The van der Waals surface area contributed by atoms with Crippen molar-refractivity contribution in [1.82, 2.24) is 5.32 Å². The number of alkyl halides is 1. The van der Waals surface area contributed by atoms with Crippen LogP contribution in [0, 0.1) is 5.92 Å². The highest BCUT2D eigenvalue weighted by Gasteiger charge is 2.50. The Balaban J connectivity index is 1.92. The van der Waals surface area contributed by atoms with Crippen LogP contribution in [0.2, 0.25) is 0 Å². The van der Waals surface area contributed by atoms with Crippen LogP contribution in [0.4, 0.5) is 0 Å². The van der Waals surface area contributed by atoms with Crippen LogP contribution in [0.15, 0.2) is 54.3 Å². The number of halogens is 1. The molecule has 1 saturated heterocycles. The van der Waals surface area contributed by atoms with Gasteiger partial charge in [0, 0.05) is 11.6 Å². The summed E-state index contributed by atoms with van der Waals surface area (Å²) in [5.41, 5.74) is 2.22. The maximum absolute atomic E-state index is 12.2. The van der Waals surface area contributed by atoms with E-state index in [1.807, 2.05) is 30.4 Å². The predicted molar refractivity (Wildman–Crippen MR) is 75.3 cm³/mol. The minimum absolute atomic E-state index is 0.0753. The second-order valence-corrected chi connectivity index (χ2v) is 6.23. The molecule has 1 aromatic carbocycles. The Labute approximate surface area is 115 Å². The van der Waals surface area contributed by atoms with E-state index in [-0.39, 0.29) is 11.8 Å². The Kier molecular flexibility index (Phi) is 2.86. The largest absolute Gasteiger partial charge is 0.328 e. The number of hydrogen-bond donors (Lipinski definition) is 1. The number of fused-ring (bicyclic) bond motifs is 1. The third-order valence-corrected chi connectivity index (χ3v) is 4.84. The minimum Gasteiger partial charge on any atom is -0.328 e. The summed E-state index contributed by atoms with van der Waals surface area (Å²) in [7, 11) is 0. The lowest BCUT2D eigenvalue weighted by molar-refractivity contribution is -0.121. The fraction of sp³-hybridized carbons (Fsp3) is 0.267. The lowest BCUT2D eigenvalue weighted by Gasteiger charge is -2.27. The molecule has 2 nitrogen and oxygen atoms in total. The third-order valence-electron chi connectivity index (χ3n) is 3.65. The van der Waals surface area contributed by atoms with Gasteiger partial charge in [-0.05, 0) is 24.5 Å². The lowest BCUT2D eigenvalue weighted by Crippen LogP contribution is -2.38. The van der Waals surface area contributed by atoms with Crippen LogP contribution in [0.3, 0.4) is 0 Å². The zero-order valence-corrected chi connectivity index (χ0v) is 11.5. The van der Waals surface area contributed by atoms with E-state index in [9.17, 15) is 4.79 Å². The predicted octanol–water partition coefficient (Wildman–Crippen LogP) is 2.95. The first kappa shape index (κ1) is 11.7. The van der Waals surface area contributed by atoms with Crippen molar-refractivity contribution in [3.05, 3.63) is 59.8 Å². The van der Waals surface area contributed by atoms with Crippen LogP contribution in [0.25, 0.3) is 0 Å². The molecule has 0 spiro atoms. The van der Waals surface area contributed by atoms with Crippen molar-refractivity contribution in [2.24, 2.45) is 5.92 Å². The molecule has 0 bridgehead atoms. The van der Waals surface area contributed by atoms with Gasteiger partial charge in [-0.1, -0.05) is 58.4 Å². The fourth-order valence-corrected chi connectivity index (χ4v) is 3.54. The SMILES string of the molecule is O=C1NC2=CC=CCC2C1(Br)Cc1ccccc1. The summed E-state index contributed by atoms with van der Waals surface area (Å²) in [4.78, 5) is 12.2. The lowest BCUT2D eigenvalue weighted by atomic mass is 9.83. The summed E-state index contributed by atoms with van der Waals surface area (Å²) in [6.07, 6.45) is 7.75. The molecule has 1 fully saturated rings. The molecule has 2 unspecified atom stereocenters. The molecule has 3 rings (SSSR count). The van der Waals surface area contributed by atoms with E-state index in [2.05, 4.69) is 39.5 Å². The average Bonchev–Trinajstić information content (AvgIpc) is 2.63. The van der Waals surface area contributed by atoms with Gasteiger partial charge in [-0.15, -0.1) is 0 Å². The van der Waals surface area contributed by atoms with Crippen molar-refractivity contribution in [2.75, 3.05) is 0 Å². The van der Waals surface area contributed by atoms with Gasteiger partial charge in [-0.2, -0.15) is 0 Å². The highest BCUT2D eigenvalue weighted by atomic mass is 79.9. The van der Waals surface area contributed by atoms with Crippen LogP contribution < -0.4 is 5.32 Å². The molecule has 0 saturated carbocycles. The van der Waals surface area contributed by atoms with E-state index in [4.69, 9.17) is 0 Å². The Morgan fingerprint density at radius 3 is 2.89 bits per heavy atom. The molecule has 1 aliphatic heterocycles. The Morgan fingerprint density at radius 2 is 2.11 bits per heavy atom. The van der Waals surface area contributed by atoms with E-state index in [1.54, 1.807) is 0 Å². The van der Waals surface area contributed by atoms with Gasteiger partial charge in [0.25, 0.3) is 0 Å². The van der Waals surface area contributed by atoms with Crippen molar-refractivity contribution in [3.63, 3.8) is 0 Å². The van der Waals surface area contributed by atoms with Crippen molar-refractivity contribution in [3.8, 4) is 0 Å². The normalized spacial score (nSPS) is 29.7. The van der Waals surface area contributed by atoms with Crippen LogP contribution in [0.5, 0.6) is 0 Å². The summed E-state index contributed by atoms with van der Waals surface area (Å²) < 4.78 is -0.509. The quantitative estimate of drug-likeness (QED) is 0.836. The van der Waals surface area contributed by atoms with Crippen LogP contribution >= 0.6 is 15.9 Å². The second kappa shape index (κ2) is 4.39. The van der Waals surface area contributed by atoms with Gasteiger partial charge in [0.1, 0.15) is 4.32 Å². The molecule has 3 heteroatoms. The average molecular weight is 304 g/mol. The maximum atomic E-state index is 12.2. The Hall–Kier alpha value is -1.35. The molecule has 1 amide bonds. The smallest absolute Gasteiger partial charge is 0.242 e. The van der Waals surface area contributed by atoms with Crippen LogP contribution in [-0.4, -0.2) is 10.2 Å². The molecule has 1 heterocycles. The number of amides is 1. The van der Waals surface area contributed by atoms with Crippen molar-refractivity contribution >= 4 is 21.8 Å². The highest BCUT2D eigenvalue weighted by Crippen LogP contribution is 2.44. The van der Waals surface area contributed by atoms with Gasteiger partial charge in [-0.25, -0.2) is 0 Å². The summed E-state index contributed by atoms with van der Waals surface area (Å²) in [6, 6.07) is 10.1. The first-order valence-electron chi connectivity index (χ1n) is 6.11. The molecular weight excluding hydrogens is 290 g/mol. The fourth-order valence-electron chi connectivity index (χ4n) is 2.68. The summed E-state index contributed by atoms with van der Waals surface area (Å²) in [6.45, 7) is 0. The molecule has 2 atom stereocenters. The monoisotopic (exact) mass is 303 g/mol. The molecule has 1 aromatic rings. The molecule has 0 radical (unpaired) electrons. The summed E-state index contributed by atoms with van der Waals surface area (Å²) in [5.74, 6) is 0.293. The van der Waals surface area contributed by atoms with Gasteiger partial charge >= 0.3 is 0 Å². The van der Waals surface area contributed by atoms with Crippen LogP contribution in [-0.2, 0) is 11.2 Å². The van der Waals surface area contributed by atoms with Gasteiger partial charge in [0.15, 0.2) is 0 Å². The van der Waals surface area contributed by atoms with E-state index >= 15 is 0 Å². The molecule has 2 aliphatic rings. The van der Waals surface area contributed by atoms with Gasteiger partial charge < -0.3 is 5.32 Å². The number of hydrogen-bond acceptors (Lipinski definition) is 1. The number of benzene rings is 1. The molecule has 92 valence electrons. The second-order valence-electron chi connectivity index (χ2n) is 4.82. The molecular formula is C15H14BrNO. The van der Waals surface area contributed by atoms with Crippen molar-refractivity contribution in [1.29, 1.82) is 0 Å².